The molecule has 0 unspecified atom stereocenters. The third-order valence-corrected chi connectivity index (χ3v) is 4.06. The molecule has 0 spiro atoms. The molecular weight excluding hydrogens is 411 g/mol. The number of aromatic nitrogens is 2. The Labute approximate surface area is 175 Å². The van der Waals surface area contributed by atoms with Gasteiger partial charge in [-0.15, -0.1) is 0 Å². The van der Waals surface area contributed by atoms with Crippen LogP contribution in [0.4, 0.5) is 36.2 Å². The highest BCUT2D eigenvalue weighted by Gasteiger charge is 2.29. The van der Waals surface area contributed by atoms with Crippen LogP contribution in [0.2, 0.25) is 0 Å². The van der Waals surface area contributed by atoms with Crippen molar-refractivity contribution in [3.63, 3.8) is 0 Å². The van der Waals surface area contributed by atoms with Crippen LogP contribution in [0.15, 0.2) is 60.9 Å². The minimum atomic E-state index is -4.41. The lowest BCUT2D eigenvalue weighted by molar-refractivity contribution is -0.137. The van der Waals surface area contributed by atoms with E-state index in [4.69, 9.17) is 0 Å². The molecule has 10 heteroatoms. The van der Waals surface area contributed by atoms with Gasteiger partial charge in [0.2, 0.25) is 11.8 Å². The van der Waals surface area contributed by atoms with Gasteiger partial charge in [-0.3, -0.25) is 9.59 Å². The Morgan fingerprint density at radius 2 is 1.48 bits per heavy atom. The number of carbonyl (C=O) groups is 2. The van der Waals surface area contributed by atoms with Crippen molar-refractivity contribution < 1.29 is 22.8 Å². The third kappa shape index (κ3) is 6.53. The van der Waals surface area contributed by atoms with E-state index in [-0.39, 0.29) is 18.2 Å². The molecule has 1 heterocycles. The number of nitrogens with one attached hydrogen (secondary N) is 3. The standard InChI is InChI=1S/C21H18F3N5O2/c1-13(30)27-18-11-19(26-12-25-18)28-16-6-8-17(9-7-16)29-20(31)10-14-2-4-15(5-3-14)21(22,23)24/h2-9,11-12H,10H2,1H3,(H,29,31)(H2,25,26,27,28,30). The molecule has 160 valence electrons. The van der Waals surface area contributed by atoms with Gasteiger partial charge in [0.15, 0.2) is 0 Å². The highest BCUT2D eigenvalue weighted by Crippen LogP contribution is 2.29. The Balaban J connectivity index is 1.56. The van der Waals surface area contributed by atoms with E-state index in [1.54, 1.807) is 30.3 Å². The topological polar surface area (TPSA) is 96.0 Å². The lowest BCUT2D eigenvalue weighted by atomic mass is 10.1. The minimum Gasteiger partial charge on any atom is -0.340 e. The summed E-state index contributed by atoms with van der Waals surface area (Å²) in [6.07, 6.45) is -3.15. The van der Waals surface area contributed by atoms with E-state index in [1.807, 2.05) is 0 Å². The van der Waals surface area contributed by atoms with E-state index in [0.717, 1.165) is 12.1 Å². The molecule has 3 N–H and O–H groups in total. The molecule has 0 saturated heterocycles. The Hall–Kier alpha value is -3.95. The summed E-state index contributed by atoms with van der Waals surface area (Å²) in [5.41, 5.74) is 0.937. The highest BCUT2D eigenvalue weighted by atomic mass is 19.4. The average molecular weight is 429 g/mol. The van der Waals surface area contributed by atoms with Gasteiger partial charge in [0.25, 0.3) is 0 Å². The normalized spacial score (nSPS) is 11.0. The molecule has 7 nitrogen and oxygen atoms in total. The summed E-state index contributed by atoms with van der Waals surface area (Å²) in [5.74, 6) is 0.229. The van der Waals surface area contributed by atoms with Gasteiger partial charge >= 0.3 is 6.18 Å². The Bertz CT molecular complexity index is 1070. The summed E-state index contributed by atoms with van der Waals surface area (Å²) in [5, 5.41) is 8.30. The molecule has 0 fully saturated rings. The lowest BCUT2D eigenvalue weighted by Crippen LogP contribution is -2.14. The number of carbonyl (C=O) groups excluding carboxylic acids is 2. The maximum absolute atomic E-state index is 12.6. The van der Waals surface area contributed by atoms with E-state index < -0.39 is 11.7 Å². The maximum atomic E-state index is 12.6. The predicted octanol–water partition coefficient (Wildman–Crippen LogP) is 4.38. The van der Waals surface area contributed by atoms with Gasteiger partial charge in [0.05, 0.1) is 12.0 Å². The number of anilines is 4. The van der Waals surface area contributed by atoms with Crippen molar-refractivity contribution in [2.24, 2.45) is 0 Å². The molecule has 0 aliphatic rings. The summed E-state index contributed by atoms with van der Waals surface area (Å²) in [6, 6.07) is 12.8. The monoisotopic (exact) mass is 429 g/mol. The molecule has 0 radical (unpaired) electrons. The molecule has 1 aromatic heterocycles. The molecule has 3 aromatic rings. The Morgan fingerprint density at radius 1 is 0.871 bits per heavy atom. The second kappa shape index (κ2) is 9.24. The number of amides is 2. The third-order valence-electron chi connectivity index (χ3n) is 4.06. The Morgan fingerprint density at radius 3 is 2.10 bits per heavy atom. The number of hydrogen-bond donors (Lipinski definition) is 3. The second-order valence-electron chi connectivity index (χ2n) is 6.59. The lowest BCUT2D eigenvalue weighted by Gasteiger charge is -2.10. The van der Waals surface area contributed by atoms with Crippen LogP contribution in [0.5, 0.6) is 0 Å². The van der Waals surface area contributed by atoms with Crippen LogP contribution in [-0.4, -0.2) is 21.8 Å². The molecule has 2 amide bonds. The molecule has 31 heavy (non-hydrogen) atoms. The molecular formula is C21H18F3N5O2. The van der Waals surface area contributed by atoms with E-state index in [2.05, 4.69) is 25.9 Å². The number of halogens is 3. The smallest absolute Gasteiger partial charge is 0.340 e. The number of rotatable bonds is 6. The van der Waals surface area contributed by atoms with Gasteiger partial charge in [0.1, 0.15) is 18.0 Å². The number of alkyl halides is 3. The summed E-state index contributed by atoms with van der Waals surface area (Å²) in [4.78, 5) is 31.3. The zero-order valence-corrected chi connectivity index (χ0v) is 16.3. The van der Waals surface area contributed by atoms with Crippen molar-refractivity contribution in [2.45, 2.75) is 19.5 Å². The van der Waals surface area contributed by atoms with Gasteiger partial charge in [0, 0.05) is 24.4 Å². The van der Waals surface area contributed by atoms with Crippen LogP contribution in [0.1, 0.15) is 18.1 Å². The fraction of sp³-hybridized carbons (Fsp3) is 0.143. The summed E-state index contributed by atoms with van der Waals surface area (Å²) >= 11 is 0. The molecule has 0 atom stereocenters. The second-order valence-corrected chi connectivity index (χ2v) is 6.59. The molecule has 0 bridgehead atoms. The average Bonchev–Trinajstić information content (AvgIpc) is 2.69. The maximum Gasteiger partial charge on any atom is 0.416 e. The van der Waals surface area contributed by atoms with Crippen LogP contribution in [0.3, 0.4) is 0 Å². The van der Waals surface area contributed by atoms with Gasteiger partial charge in [-0.25, -0.2) is 9.97 Å². The van der Waals surface area contributed by atoms with Crippen molar-refractivity contribution in [3.05, 3.63) is 72.1 Å². The van der Waals surface area contributed by atoms with Gasteiger partial charge < -0.3 is 16.0 Å². The summed E-state index contributed by atoms with van der Waals surface area (Å²) < 4.78 is 37.8. The highest BCUT2D eigenvalue weighted by molar-refractivity contribution is 5.92. The first-order chi connectivity index (χ1) is 14.7. The molecule has 3 rings (SSSR count). The first kappa shape index (κ1) is 21.8. The summed E-state index contributed by atoms with van der Waals surface area (Å²) in [6.45, 7) is 1.37. The number of nitrogens with zero attached hydrogens (tertiary/aromatic N) is 2. The zero-order valence-electron chi connectivity index (χ0n) is 16.3. The molecule has 0 aliphatic carbocycles. The van der Waals surface area contributed by atoms with Crippen LogP contribution < -0.4 is 16.0 Å². The summed E-state index contributed by atoms with van der Waals surface area (Å²) in [7, 11) is 0. The van der Waals surface area contributed by atoms with Crippen molar-refractivity contribution in [3.8, 4) is 0 Å². The van der Waals surface area contributed by atoms with E-state index in [0.29, 0.717) is 28.6 Å². The van der Waals surface area contributed by atoms with Crippen molar-refractivity contribution in [2.75, 3.05) is 16.0 Å². The minimum absolute atomic E-state index is 0.0506. The molecule has 0 aliphatic heterocycles. The van der Waals surface area contributed by atoms with Crippen molar-refractivity contribution >= 4 is 34.8 Å². The van der Waals surface area contributed by atoms with Crippen LogP contribution in [-0.2, 0) is 22.2 Å². The van der Waals surface area contributed by atoms with Crippen molar-refractivity contribution in [1.82, 2.24) is 9.97 Å². The van der Waals surface area contributed by atoms with Crippen molar-refractivity contribution in [1.29, 1.82) is 0 Å². The fourth-order valence-corrected chi connectivity index (χ4v) is 2.66. The predicted molar refractivity (Wildman–Crippen MR) is 110 cm³/mol. The number of hydrogen-bond acceptors (Lipinski definition) is 5. The Kier molecular flexibility index (Phi) is 6.49. The molecule has 2 aromatic carbocycles. The van der Waals surface area contributed by atoms with Gasteiger partial charge in [-0.2, -0.15) is 13.2 Å². The van der Waals surface area contributed by atoms with Gasteiger partial charge in [-0.1, -0.05) is 12.1 Å². The van der Waals surface area contributed by atoms with E-state index in [1.165, 1.54) is 25.4 Å². The SMILES string of the molecule is CC(=O)Nc1cc(Nc2ccc(NC(=O)Cc3ccc(C(F)(F)F)cc3)cc2)ncn1. The zero-order chi connectivity index (χ0) is 22.4. The first-order valence-electron chi connectivity index (χ1n) is 9.12. The van der Waals surface area contributed by atoms with Crippen LogP contribution in [0, 0.1) is 0 Å². The van der Waals surface area contributed by atoms with Crippen LogP contribution >= 0.6 is 0 Å². The number of benzene rings is 2. The van der Waals surface area contributed by atoms with E-state index >= 15 is 0 Å². The molecule has 0 saturated carbocycles. The largest absolute Gasteiger partial charge is 0.416 e. The van der Waals surface area contributed by atoms with Crippen LogP contribution in [0.25, 0.3) is 0 Å². The van der Waals surface area contributed by atoms with Gasteiger partial charge in [-0.05, 0) is 42.0 Å². The first-order valence-corrected chi connectivity index (χ1v) is 9.12. The van der Waals surface area contributed by atoms with E-state index in [9.17, 15) is 22.8 Å². The fourth-order valence-electron chi connectivity index (χ4n) is 2.66. The quantitative estimate of drug-likeness (QED) is 0.541.